The predicted molar refractivity (Wildman–Crippen MR) is 10.8 cm³/mol. The topological polar surface area (TPSA) is 12.5 Å². The van der Waals surface area contributed by atoms with Crippen molar-refractivity contribution in [2.75, 3.05) is 13.2 Å². The minimum absolute atomic E-state index is 0. The molecule has 0 atom stereocenters. The summed E-state index contributed by atoms with van der Waals surface area (Å²) in [6, 6.07) is 0. The molecule has 4 heavy (non-hydrogen) atoms. The van der Waals surface area contributed by atoms with Crippen LogP contribution >= 0.6 is 0 Å². The average molecular weight is 241 g/mol. The van der Waals surface area contributed by atoms with Gasteiger partial charge in [0.1, 0.15) is 0 Å². The molecule has 0 saturated carbocycles. The second kappa shape index (κ2) is 1.97. The van der Waals surface area contributed by atoms with Gasteiger partial charge in [0.15, 0.2) is 0 Å². The van der Waals surface area contributed by atoms with Crippen LogP contribution in [0.3, 0.4) is 0 Å². The summed E-state index contributed by atoms with van der Waals surface area (Å²) in [6.45, 7) is 2.00. The Kier molecular flexibility index (Phi) is 2.32. The molecular formula is C2H4AuO. The van der Waals surface area contributed by atoms with Gasteiger partial charge in [0.25, 0.3) is 0 Å². The van der Waals surface area contributed by atoms with Gasteiger partial charge in [0.05, 0.1) is 13.2 Å². The molecule has 2 heteroatoms. The van der Waals surface area contributed by atoms with E-state index in [0.717, 1.165) is 13.2 Å². The fourth-order valence-electron chi connectivity index (χ4n) is 0. The van der Waals surface area contributed by atoms with Crippen molar-refractivity contribution in [3.8, 4) is 0 Å². The Balaban J connectivity index is 0.0000000900. The Morgan fingerprint density at radius 3 is 1.50 bits per heavy atom. The summed E-state index contributed by atoms with van der Waals surface area (Å²) in [5, 5.41) is 0. The number of epoxide rings is 1. The SMILES string of the molecule is C1CO1.[Au]. The Labute approximate surface area is 40.8 Å². The van der Waals surface area contributed by atoms with Gasteiger partial charge in [0.2, 0.25) is 0 Å². The summed E-state index contributed by atoms with van der Waals surface area (Å²) >= 11 is 0. The van der Waals surface area contributed by atoms with E-state index in [9.17, 15) is 0 Å². The monoisotopic (exact) mass is 241 g/mol. The van der Waals surface area contributed by atoms with Crippen molar-refractivity contribution in [3.63, 3.8) is 0 Å². The second-order valence-electron chi connectivity index (χ2n) is 0.612. The molecule has 0 N–H and O–H groups in total. The van der Waals surface area contributed by atoms with Gasteiger partial charge in [-0.15, -0.1) is 0 Å². The van der Waals surface area contributed by atoms with Gasteiger partial charge in [-0.05, 0) is 0 Å². The summed E-state index contributed by atoms with van der Waals surface area (Å²) in [4.78, 5) is 0. The van der Waals surface area contributed by atoms with E-state index in [-0.39, 0.29) is 22.4 Å². The molecule has 1 rings (SSSR count). The van der Waals surface area contributed by atoms with Crippen molar-refractivity contribution < 1.29 is 27.1 Å². The van der Waals surface area contributed by atoms with Crippen LogP contribution in [-0.4, -0.2) is 13.2 Å². The van der Waals surface area contributed by atoms with Crippen LogP contribution in [0, 0.1) is 0 Å². The molecule has 1 heterocycles. The van der Waals surface area contributed by atoms with Gasteiger partial charge in [0, 0.05) is 22.4 Å². The predicted octanol–water partition coefficient (Wildman–Crippen LogP) is 0.0141. The van der Waals surface area contributed by atoms with E-state index < -0.39 is 0 Å². The van der Waals surface area contributed by atoms with E-state index in [0.29, 0.717) is 0 Å². The zero-order chi connectivity index (χ0) is 2.12. The van der Waals surface area contributed by atoms with Gasteiger partial charge >= 0.3 is 0 Å². The van der Waals surface area contributed by atoms with Crippen LogP contribution < -0.4 is 0 Å². The third kappa shape index (κ3) is 2.70. The van der Waals surface area contributed by atoms with Crippen molar-refractivity contribution >= 4 is 0 Å². The van der Waals surface area contributed by atoms with Gasteiger partial charge in [-0.25, -0.2) is 0 Å². The fraction of sp³-hybridized carbons (Fsp3) is 1.00. The Morgan fingerprint density at radius 2 is 1.50 bits per heavy atom. The first kappa shape index (κ1) is 4.70. The summed E-state index contributed by atoms with van der Waals surface area (Å²) in [5.74, 6) is 0. The molecule has 0 aromatic rings. The minimum Gasteiger partial charge on any atom is -0.377 e. The van der Waals surface area contributed by atoms with Crippen LogP contribution in [0.25, 0.3) is 0 Å². The zero-order valence-corrected chi connectivity index (χ0v) is 4.29. The van der Waals surface area contributed by atoms with E-state index in [2.05, 4.69) is 4.74 Å². The quantitative estimate of drug-likeness (QED) is 0.430. The van der Waals surface area contributed by atoms with Crippen LogP contribution in [0.4, 0.5) is 0 Å². The van der Waals surface area contributed by atoms with Crippen LogP contribution in [0.1, 0.15) is 0 Å². The number of rotatable bonds is 0. The summed E-state index contributed by atoms with van der Waals surface area (Å²) in [5.41, 5.74) is 0. The second-order valence-corrected chi connectivity index (χ2v) is 0.612. The molecule has 29 valence electrons. The van der Waals surface area contributed by atoms with Crippen molar-refractivity contribution in [1.82, 2.24) is 0 Å². The Hall–Kier alpha value is 0.700. The molecule has 0 aromatic heterocycles. The number of ether oxygens (including phenoxy) is 1. The average Bonchev–Trinajstić information content (AvgIpc) is 1.46. The molecule has 0 unspecified atom stereocenters. The first-order valence-electron chi connectivity index (χ1n) is 1.08. The third-order valence-electron chi connectivity index (χ3n) is 0.204. The molecule has 1 radical (unpaired) electrons. The molecule has 1 nitrogen and oxygen atoms in total. The molecule has 0 spiro atoms. The van der Waals surface area contributed by atoms with Gasteiger partial charge < -0.3 is 4.74 Å². The molecule has 1 aliphatic rings. The summed E-state index contributed by atoms with van der Waals surface area (Å²) in [6.07, 6.45) is 0. The van der Waals surface area contributed by atoms with E-state index in [1.54, 1.807) is 0 Å². The number of hydrogen-bond donors (Lipinski definition) is 0. The van der Waals surface area contributed by atoms with Crippen LogP contribution in [-0.2, 0) is 27.1 Å². The maximum Gasteiger partial charge on any atom is 0.0701 e. The summed E-state index contributed by atoms with van der Waals surface area (Å²) in [7, 11) is 0. The van der Waals surface area contributed by atoms with E-state index in [4.69, 9.17) is 0 Å². The molecule has 1 fully saturated rings. The molecule has 0 amide bonds. The maximum atomic E-state index is 4.50. The van der Waals surface area contributed by atoms with Gasteiger partial charge in [-0.3, -0.25) is 0 Å². The Morgan fingerprint density at radius 1 is 1.25 bits per heavy atom. The van der Waals surface area contributed by atoms with E-state index in [1.165, 1.54) is 0 Å². The van der Waals surface area contributed by atoms with Gasteiger partial charge in [-0.2, -0.15) is 0 Å². The molecule has 1 saturated heterocycles. The third-order valence-corrected chi connectivity index (χ3v) is 0.204. The summed E-state index contributed by atoms with van der Waals surface area (Å²) < 4.78 is 4.50. The van der Waals surface area contributed by atoms with Crippen LogP contribution in [0.5, 0.6) is 0 Å². The standard InChI is InChI=1S/C2H4O.Au/c1-2-3-1;/h1-2H2;. The Bertz CT molecular complexity index is 10.8. The normalized spacial score (nSPS) is 18.0. The van der Waals surface area contributed by atoms with E-state index >= 15 is 0 Å². The largest absolute Gasteiger partial charge is 0.377 e. The first-order valence-corrected chi connectivity index (χ1v) is 1.08. The van der Waals surface area contributed by atoms with Crippen LogP contribution in [0.2, 0.25) is 0 Å². The van der Waals surface area contributed by atoms with Crippen molar-refractivity contribution in [1.29, 1.82) is 0 Å². The fourth-order valence-corrected chi connectivity index (χ4v) is 0. The molecule has 0 aromatic carbocycles. The minimum atomic E-state index is 0. The molecule has 0 bridgehead atoms. The molecule has 1 aliphatic heterocycles. The maximum absolute atomic E-state index is 4.50. The molecular weight excluding hydrogens is 237 g/mol. The van der Waals surface area contributed by atoms with Crippen molar-refractivity contribution in [2.24, 2.45) is 0 Å². The van der Waals surface area contributed by atoms with Crippen molar-refractivity contribution in [3.05, 3.63) is 0 Å². The van der Waals surface area contributed by atoms with Crippen molar-refractivity contribution in [2.45, 2.75) is 0 Å². The number of hydrogen-bond acceptors (Lipinski definition) is 1. The van der Waals surface area contributed by atoms with Gasteiger partial charge in [-0.1, -0.05) is 0 Å². The van der Waals surface area contributed by atoms with E-state index in [1.807, 2.05) is 0 Å². The van der Waals surface area contributed by atoms with Crippen LogP contribution in [0.15, 0.2) is 0 Å². The molecule has 0 aliphatic carbocycles. The smallest absolute Gasteiger partial charge is 0.0701 e. The first-order chi connectivity index (χ1) is 1.50. The zero-order valence-electron chi connectivity index (χ0n) is 2.12.